The average Bonchev–Trinajstić information content (AvgIpc) is 2.92. The van der Waals surface area contributed by atoms with Crippen LogP contribution in [0.5, 0.6) is 5.75 Å². The molecule has 0 saturated carbocycles. The number of fused-ring (bicyclic) bond motifs is 5. The molecule has 2 aromatic carbocycles. The van der Waals surface area contributed by atoms with Gasteiger partial charge in [0.25, 0.3) is 11.5 Å². The number of carbonyl (C=O) groups excluding carboxylic acids is 1. The Balaban J connectivity index is 1.14. The molecule has 2 aliphatic heterocycles. The molecule has 2 bridgehead atoms. The molecule has 0 aliphatic carbocycles. The van der Waals surface area contributed by atoms with Gasteiger partial charge in [0.15, 0.2) is 6.61 Å². The highest BCUT2D eigenvalue weighted by Crippen LogP contribution is 2.35. The third kappa shape index (κ3) is 4.44. The Morgan fingerprint density at radius 3 is 2.72 bits per heavy atom. The second-order valence-corrected chi connectivity index (χ2v) is 9.68. The summed E-state index contributed by atoms with van der Waals surface area (Å²) in [5, 5.41) is 4.40. The van der Waals surface area contributed by atoms with Crippen molar-refractivity contribution in [3.63, 3.8) is 0 Å². The van der Waals surface area contributed by atoms with Crippen LogP contribution in [-0.4, -0.2) is 40.1 Å². The van der Waals surface area contributed by atoms with Gasteiger partial charge in [0.1, 0.15) is 11.4 Å². The highest BCUT2D eigenvalue weighted by Gasteiger charge is 2.36. The number of piperidine rings is 1. The minimum absolute atomic E-state index is 0.00290. The van der Waals surface area contributed by atoms with Crippen LogP contribution in [0, 0.1) is 5.92 Å². The largest absolute Gasteiger partial charge is 0.484 e. The number of rotatable bonds is 6. The van der Waals surface area contributed by atoms with Crippen molar-refractivity contribution in [2.75, 3.05) is 25.0 Å². The van der Waals surface area contributed by atoms with Gasteiger partial charge in [-0.1, -0.05) is 36.4 Å². The molecular formula is C29H28N4O3. The normalized spacial score (nSPS) is 18.5. The smallest absolute Gasteiger partial charge is 0.274 e. The van der Waals surface area contributed by atoms with E-state index in [1.54, 1.807) is 0 Å². The lowest BCUT2D eigenvalue weighted by atomic mass is 9.83. The lowest BCUT2D eigenvalue weighted by Crippen LogP contribution is -2.50. The molecule has 1 amide bonds. The topological polar surface area (TPSA) is 76.5 Å². The molecule has 4 aromatic rings. The van der Waals surface area contributed by atoms with Crippen LogP contribution < -0.4 is 15.6 Å². The highest BCUT2D eigenvalue weighted by molar-refractivity contribution is 5.79. The van der Waals surface area contributed by atoms with E-state index in [-0.39, 0.29) is 29.9 Å². The number of para-hydroxylation sites is 2. The molecule has 0 spiro atoms. The van der Waals surface area contributed by atoms with Crippen LogP contribution in [0.15, 0.2) is 83.8 Å². The van der Waals surface area contributed by atoms with E-state index in [1.165, 1.54) is 0 Å². The standard InChI is InChI=1S/C29H28N4O3/c34-28(19-36-24-7-2-1-3-8-24)32-16-21-13-23(18-32)27-11-10-26(29(35)33(27)17-21)31-15-20-12-22-6-4-5-9-25(22)30-14-20/h1-12,14,21,23,31H,13,15-19H2/t21-,23-/m1/s1. The van der Waals surface area contributed by atoms with Crippen molar-refractivity contribution in [1.82, 2.24) is 14.5 Å². The quantitative estimate of drug-likeness (QED) is 0.451. The number of aromatic nitrogens is 2. The van der Waals surface area contributed by atoms with Crippen LogP contribution in [-0.2, 0) is 17.9 Å². The average molecular weight is 481 g/mol. The van der Waals surface area contributed by atoms with Crippen LogP contribution in [0.2, 0.25) is 0 Å². The van der Waals surface area contributed by atoms with E-state index in [1.807, 2.05) is 82.4 Å². The number of hydrogen-bond acceptors (Lipinski definition) is 5. The van der Waals surface area contributed by atoms with Gasteiger partial charge in [0, 0.05) is 49.4 Å². The summed E-state index contributed by atoms with van der Waals surface area (Å²) >= 11 is 0. The SMILES string of the molecule is O=C(COc1ccccc1)N1C[C@H]2C[C@H](C1)c1ccc(NCc3cnc4ccccc4c3)c(=O)n1C2. The molecule has 2 aromatic heterocycles. The second-order valence-electron chi connectivity index (χ2n) is 9.68. The number of hydrogen-bond donors (Lipinski definition) is 1. The third-order valence-electron chi connectivity index (χ3n) is 7.19. The minimum Gasteiger partial charge on any atom is -0.484 e. The number of benzene rings is 2. The lowest BCUT2D eigenvalue weighted by molar-refractivity contribution is -0.136. The first-order chi connectivity index (χ1) is 17.6. The highest BCUT2D eigenvalue weighted by atomic mass is 16.5. The zero-order valence-corrected chi connectivity index (χ0v) is 20.0. The van der Waals surface area contributed by atoms with Gasteiger partial charge in [0.2, 0.25) is 0 Å². The van der Waals surface area contributed by atoms with Gasteiger partial charge in [0.05, 0.1) is 5.52 Å². The van der Waals surface area contributed by atoms with E-state index >= 15 is 0 Å². The van der Waals surface area contributed by atoms with E-state index in [0.717, 1.165) is 28.6 Å². The summed E-state index contributed by atoms with van der Waals surface area (Å²) in [6.07, 6.45) is 2.85. The number of nitrogens with zero attached hydrogens (tertiary/aromatic N) is 3. The van der Waals surface area contributed by atoms with Crippen molar-refractivity contribution >= 4 is 22.5 Å². The summed E-state index contributed by atoms with van der Waals surface area (Å²) < 4.78 is 7.58. The molecule has 1 saturated heterocycles. The zero-order chi connectivity index (χ0) is 24.5. The molecule has 0 unspecified atom stereocenters. The van der Waals surface area contributed by atoms with E-state index in [0.29, 0.717) is 37.6 Å². The Hall–Kier alpha value is -4.13. The Labute approximate surface area is 209 Å². The maximum Gasteiger partial charge on any atom is 0.274 e. The predicted octanol–water partition coefficient (Wildman–Crippen LogP) is 4.03. The molecule has 6 rings (SSSR count). The van der Waals surface area contributed by atoms with Crippen molar-refractivity contribution in [1.29, 1.82) is 0 Å². The predicted molar refractivity (Wildman–Crippen MR) is 139 cm³/mol. The Kier molecular flexibility index (Phi) is 5.89. The van der Waals surface area contributed by atoms with Crippen molar-refractivity contribution in [3.05, 3.63) is 101 Å². The molecule has 2 atom stereocenters. The molecule has 1 N–H and O–H groups in total. The van der Waals surface area contributed by atoms with Gasteiger partial charge in [-0.15, -0.1) is 0 Å². The number of likely N-dealkylation sites (tertiary alicyclic amines) is 1. The van der Waals surface area contributed by atoms with Gasteiger partial charge in [-0.3, -0.25) is 14.6 Å². The molecule has 7 nitrogen and oxygen atoms in total. The first-order valence-electron chi connectivity index (χ1n) is 12.4. The molecule has 2 aliphatic rings. The number of carbonyl (C=O) groups is 1. The number of ether oxygens (including phenoxy) is 1. The Morgan fingerprint density at radius 2 is 1.83 bits per heavy atom. The molecule has 36 heavy (non-hydrogen) atoms. The summed E-state index contributed by atoms with van der Waals surface area (Å²) in [5.41, 5.74) is 3.59. The second kappa shape index (κ2) is 9.49. The third-order valence-corrected chi connectivity index (χ3v) is 7.19. The summed E-state index contributed by atoms with van der Waals surface area (Å²) in [6, 6.07) is 23.4. The Morgan fingerprint density at radius 1 is 1.00 bits per heavy atom. The molecule has 1 fully saturated rings. The number of nitrogens with one attached hydrogen (secondary N) is 1. The van der Waals surface area contributed by atoms with Crippen LogP contribution in [0.4, 0.5) is 5.69 Å². The minimum atomic E-state index is -0.00775. The van der Waals surface area contributed by atoms with Crippen molar-refractivity contribution < 1.29 is 9.53 Å². The van der Waals surface area contributed by atoms with Gasteiger partial charge in [-0.25, -0.2) is 0 Å². The van der Waals surface area contributed by atoms with Crippen LogP contribution >= 0.6 is 0 Å². The molecular weight excluding hydrogens is 452 g/mol. The summed E-state index contributed by atoms with van der Waals surface area (Å²) in [4.78, 5) is 32.6. The lowest BCUT2D eigenvalue weighted by Gasteiger charge is -2.42. The maximum absolute atomic E-state index is 13.3. The fraction of sp³-hybridized carbons (Fsp3) is 0.276. The summed E-state index contributed by atoms with van der Waals surface area (Å²) in [5.74, 6) is 1.10. The zero-order valence-electron chi connectivity index (χ0n) is 20.0. The van der Waals surface area contributed by atoms with E-state index in [9.17, 15) is 9.59 Å². The van der Waals surface area contributed by atoms with Gasteiger partial charge < -0.3 is 19.5 Å². The number of amides is 1. The summed E-state index contributed by atoms with van der Waals surface area (Å²) in [7, 11) is 0. The van der Waals surface area contributed by atoms with Gasteiger partial charge in [-0.2, -0.15) is 0 Å². The number of anilines is 1. The molecule has 7 heteroatoms. The van der Waals surface area contributed by atoms with Crippen LogP contribution in [0.1, 0.15) is 23.6 Å². The van der Waals surface area contributed by atoms with E-state index in [4.69, 9.17) is 4.74 Å². The van der Waals surface area contributed by atoms with Crippen LogP contribution in [0.3, 0.4) is 0 Å². The van der Waals surface area contributed by atoms with Crippen molar-refractivity contribution in [2.45, 2.75) is 25.4 Å². The molecule has 0 radical (unpaired) electrons. The molecule has 4 heterocycles. The van der Waals surface area contributed by atoms with Gasteiger partial charge >= 0.3 is 0 Å². The summed E-state index contributed by atoms with van der Waals surface area (Å²) in [6.45, 7) is 2.45. The monoisotopic (exact) mass is 480 g/mol. The van der Waals surface area contributed by atoms with Crippen molar-refractivity contribution in [2.24, 2.45) is 5.92 Å². The van der Waals surface area contributed by atoms with E-state index in [2.05, 4.69) is 16.4 Å². The van der Waals surface area contributed by atoms with Crippen molar-refractivity contribution in [3.8, 4) is 5.75 Å². The fourth-order valence-corrected chi connectivity index (χ4v) is 5.45. The number of pyridine rings is 2. The maximum atomic E-state index is 13.3. The molecule has 182 valence electrons. The fourth-order valence-electron chi connectivity index (χ4n) is 5.45. The first kappa shape index (κ1) is 22.3. The van der Waals surface area contributed by atoms with Crippen LogP contribution in [0.25, 0.3) is 10.9 Å². The van der Waals surface area contributed by atoms with E-state index < -0.39 is 0 Å². The first-order valence-corrected chi connectivity index (χ1v) is 12.4. The Bertz CT molecular complexity index is 1470. The van der Waals surface area contributed by atoms with Gasteiger partial charge in [-0.05, 0) is 54.3 Å².